The minimum absolute atomic E-state index is 0.265. The predicted molar refractivity (Wildman–Crippen MR) is 49.7 cm³/mol. The molecule has 0 radical (unpaired) electrons. The molecule has 0 heterocycles. The highest BCUT2D eigenvalue weighted by molar-refractivity contribution is 5.47. The Morgan fingerprint density at radius 1 is 1.36 bits per heavy atom. The second-order valence-electron chi connectivity index (χ2n) is 3.78. The van der Waals surface area contributed by atoms with Gasteiger partial charge in [-0.1, -0.05) is 6.07 Å². The number of phenolic OH excluding ortho intramolecular Hbond substituents is 2. The van der Waals surface area contributed by atoms with E-state index in [0.717, 1.165) is 12.8 Å². The Morgan fingerprint density at radius 2 is 2.00 bits per heavy atom. The fraction of sp³-hybridized carbons (Fsp3) is 0.400. The SMILES string of the molecule is NCC1(c2ccc(O)c(F)c2O)CC1. The average Bonchev–Trinajstić information content (AvgIpc) is 2.95. The normalized spacial score (nSPS) is 18.1. The maximum absolute atomic E-state index is 13.1. The largest absolute Gasteiger partial charge is 0.505 e. The molecular formula is C10H12FNO2. The quantitative estimate of drug-likeness (QED) is 0.668. The van der Waals surface area contributed by atoms with Crippen molar-refractivity contribution in [2.45, 2.75) is 18.3 Å². The van der Waals surface area contributed by atoms with E-state index in [2.05, 4.69) is 0 Å². The van der Waals surface area contributed by atoms with Crippen LogP contribution in [0.1, 0.15) is 18.4 Å². The lowest BCUT2D eigenvalue weighted by Gasteiger charge is -2.15. The van der Waals surface area contributed by atoms with E-state index in [4.69, 9.17) is 10.8 Å². The van der Waals surface area contributed by atoms with Crippen LogP contribution in [0.15, 0.2) is 12.1 Å². The van der Waals surface area contributed by atoms with Gasteiger partial charge in [0, 0.05) is 17.5 Å². The van der Waals surface area contributed by atoms with Crippen LogP contribution in [0, 0.1) is 5.82 Å². The first-order valence-corrected chi connectivity index (χ1v) is 4.52. The third kappa shape index (κ3) is 1.14. The minimum atomic E-state index is -0.956. The topological polar surface area (TPSA) is 66.5 Å². The summed E-state index contributed by atoms with van der Waals surface area (Å²) < 4.78 is 13.1. The number of rotatable bonds is 2. The molecule has 1 aliphatic rings. The molecule has 3 nitrogen and oxygen atoms in total. The van der Waals surface area contributed by atoms with Crippen molar-refractivity contribution in [3.8, 4) is 11.5 Å². The van der Waals surface area contributed by atoms with Crippen LogP contribution >= 0.6 is 0 Å². The summed E-state index contributed by atoms with van der Waals surface area (Å²) in [6.45, 7) is 0.394. The van der Waals surface area contributed by atoms with Crippen LogP contribution in [-0.2, 0) is 5.41 Å². The highest BCUT2D eigenvalue weighted by Crippen LogP contribution is 2.51. The van der Waals surface area contributed by atoms with Gasteiger partial charge in [-0.15, -0.1) is 0 Å². The first-order valence-electron chi connectivity index (χ1n) is 4.52. The zero-order chi connectivity index (χ0) is 10.3. The number of phenols is 2. The Kier molecular flexibility index (Phi) is 1.89. The molecule has 1 aromatic carbocycles. The molecule has 1 aromatic rings. The van der Waals surface area contributed by atoms with Gasteiger partial charge in [0.2, 0.25) is 5.82 Å². The maximum Gasteiger partial charge on any atom is 0.206 e. The van der Waals surface area contributed by atoms with E-state index < -0.39 is 17.3 Å². The molecule has 0 unspecified atom stereocenters. The number of hydrogen-bond donors (Lipinski definition) is 3. The van der Waals surface area contributed by atoms with Crippen LogP contribution in [0.2, 0.25) is 0 Å². The van der Waals surface area contributed by atoms with E-state index in [0.29, 0.717) is 12.1 Å². The van der Waals surface area contributed by atoms with Gasteiger partial charge in [0.1, 0.15) is 0 Å². The highest BCUT2D eigenvalue weighted by Gasteiger charge is 2.45. The Morgan fingerprint density at radius 3 is 2.50 bits per heavy atom. The summed E-state index contributed by atoms with van der Waals surface area (Å²) >= 11 is 0. The van der Waals surface area contributed by atoms with Crippen molar-refractivity contribution in [1.82, 2.24) is 0 Å². The van der Waals surface area contributed by atoms with Crippen molar-refractivity contribution in [2.24, 2.45) is 5.73 Å². The molecule has 0 bridgehead atoms. The van der Waals surface area contributed by atoms with Gasteiger partial charge in [-0.3, -0.25) is 0 Å². The average molecular weight is 197 g/mol. The van der Waals surface area contributed by atoms with Gasteiger partial charge >= 0.3 is 0 Å². The standard InChI is InChI=1S/C10H12FNO2/c11-8-7(13)2-1-6(9(8)14)10(5-12)3-4-10/h1-2,13-14H,3-5,12H2. The van der Waals surface area contributed by atoms with Gasteiger partial charge in [-0.25, -0.2) is 0 Å². The van der Waals surface area contributed by atoms with Crippen LogP contribution in [0.3, 0.4) is 0 Å². The molecule has 76 valence electrons. The lowest BCUT2D eigenvalue weighted by molar-refractivity contribution is 0.381. The number of benzene rings is 1. The second kappa shape index (κ2) is 2.85. The molecule has 1 fully saturated rings. The van der Waals surface area contributed by atoms with E-state index in [9.17, 15) is 9.50 Å². The third-order valence-corrected chi connectivity index (χ3v) is 2.91. The Bertz CT molecular complexity index is 375. The zero-order valence-corrected chi connectivity index (χ0v) is 7.63. The molecule has 0 atom stereocenters. The lowest BCUT2D eigenvalue weighted by atomic mass is 9.95. The monoisotopic (exact) mass is 197 g/mol. The van der Waals surface area contributed by atoms with Gasteiger partial charge in [0.05, 0.1) is 0 Å². The molecule has 4 N–H and O–H groups in total. The molecule has 0 spiro atoms. The molecule has 1 aliphatic carbocycles. The van der Waals surface area contributed by atoms with Crippen molar-refractivity contribution < 1.29 is 14.6 Å². The maximum atomic E-state index is 13.1. The summed E-state index contributed by atoms with van der Waals surface area (Å²) in [6.07, 6.45) is 1.72. The van der Waals surface area contributed by atoms with Crippen LogP contribution in [-0.4, -0.2) is 16.8 Å². The van der Waals surface area contributed by atoms with Gasteiger partial charge in [0.15, 0.2) is 11.5 Å². The molecule has 1 saturated carbocycles. The second-order valence-corrected chi connectivity index (χ2v) is 3.78. The van der Waals surface area contributed by atoms with Gasteiger partial charge < -0.3 is 15.9 Å². The van der Waals surface area contributed by atoms with Crippen molar-refractivity contribution in [1.29, 1.82) is 0 Å². The number of hydrogen-bond acceptors (Lipinski definition) is 3. The van der Waals surface area contributed by atoms with E-state index in [1.165, 1.54) is 12.1 Å². The Balaban J connectivity index is 2.50. The lowest BCUT2D eigenvalue weighted by Crippen LogP contribution is -2.20. The fourth-order valence-corrected chi connectivity index (χ4v) is 1.72. The summed E-state index contributed by atoms with van der Waals surface area (Å²) in [5.74, 6) is -1.95. The molecule has 0 aliphatic heterocycles. The molecule has 2 rings (SSSR count). The Labute approximate surface area is 81.0 Å². The van der Waals surface area contributed by atoms with Crippen LogP contribution < -0.4 is 5.73 Å². The van der Waals surface area contributed by atoms with Gasteiger partial charge in [0.25, 0.3) is 0 Å². The zero-order valence-electron chi connectivity index (χ0n) is 7.63. The molecule has 0 saturated heterocycles. The summed E-state index contributed by atoms with van der Waals surface area (Å²) in [6, 6.07) is 2.79. The summed E-state index contributed by atoms with van der Waals surface area (Å²) in [5.41, 5.74) is 5.81. The number of nitrogens with two attached hydrogens (primary N) is 1. The van der Waals surface area contributed by atoms with Crippen molar-refractivity contribution in [2.75, 3.05) is 6.54 Å². The van der Waals surface area contributed by atoms with Crippen LogP contribution in [0.4, 0.5) is 4.39 Å². The first-order chi connectivity index (χ1) is 6.60. The molecule has 0 amide bonds. The summed E-state index contributed by atoms with van der Waals surface area (Å²) in [4.78, 5) is 0. The highest BCUT2D eigenvalue weighted by atomic mass is 19.1. The van der Waals surface area contributed by atoms with Crippen LogP contribution in [0.25, 0.3) is 0 Å². The molecule has 14 heavy (non-hydrogen) atoms. The third-order valence-electron chi connectivity index (χ3n) is 2.91. The minimum Gasteiger partial charge on any atom is -0.505 e. The fourth-order valence-electron chi connectivity index (χ4n) is 1.72. The first kappa shape index (κ1) is 9.27. The number of halogens is 1. The Hall–Kier alpha value is -1.29. The smallest absolute Gasteiger partial charge is 0.206 e. The van der Waals surface area contributed by atoms with Gasteiger partial charge in [-0.2, -0.15) is 4.39 Å². The van der Waals surface area contributed by atoms with Crippen molar-refractivity contribution in [3.63, 3.8) is 0 Å². The molecule has 0 aromatic heterocycles. The van der Waals surface area contributed by atoms with Crippen LogP contribution in [0.5, 0.6) is 11.5 Å². The summed E-state index contributed by atoms with van der Waals surface area (Å²) in [7, 11) is 0. The summed E-state index contributed by atoms with van der Waals surface area (Å²) in [5, 5.41) is 18.5. The predicted octanol–water partition coefficient (Wildman–Crippen LogP) is 1.23. The van der Waals surface area contributed by atoms with E-state index >= 15 is 0 Å². The van der Waals surface area contributed by atoms with E-state index in [1.807, 2.05) is 0 Å². The van der Waals surface area contributed by atoms with E-state index in [1.54, 1.807) is 0 Å². The molecule has 4 heteroatoms. The van der Waals surface area contributed by atoms with E-state index in [-0.39, 0.29) is 5.41 Å². The van der Waals surface area contributed by atoms with Crippen molar-refractivity contribution >= 4 is 0 Å². The van der Waals surface area contributed by atoms with Crippen molar-refractivity contribution in [3.05, 3.63) is 23.5 Å². The molecular weight excluding hydrogens is 185 g/mol. The number of aromatic hydroxyl groups is 2. The van der Waals surface area contributed by atoms with Gasteiger partial charge in [-0.05, 0) is 18.9 Å².